The lowest BCUT2D eigenvalue weighted by Crippen LogP contribution is -2.54. The van der Waals surface area contributed by atoms with Gasteiger partial charge in [-0.25, -0.2) is 13.1 Å². The number of halogens is 1. The van der Waals surface area contributed by atoms with Crippen molar-refractivity contribution in [3.63, 3.8) is 0 Å². The summed E-state index contributed by atoms with van der Waals surface area (Å²) in [5.74, 6) is -0.0808. The Morgan fingerprint density at radius 2 is 1.62 bits per heavy atom. The average Bonchev–Trinajstić information content (AvgIpc) is 3.65. The zero-order valence-electron chi connectivity index (χ0n) is 23.7. The number of thiophene rings is 1. The molecule has 2 saturated heterocycles. The van der Waals surface area contributed by atoms with E-state index in [4.69, 9.17) is 16.7 Å². The molecule has 4 heterocycles. The van der Waals surface area contributed by atoms with Crippen LogP contribution in [-0.4, -0.2) is 97.4 Å². The minimum atomic E-state index is -3.33. The van der Waals surface area contributed by atoms with Crippen LogP contribution in [-0.2, 0) is 9.84 Å². The van der Waals surface area contributed by atoms with E-state index in [1.54, 1.807) is 22.9 Å². The minimum Gasteiger partial charge on any atom is -0.335 e. The summed E-state index contributed by atoms with van der Waals surface area (Å²) in [6.07, 6.45) is 3.57. The number of rotatable bonds is 6. The number of carbonyl (C=O) groups is 1. The summed E-state index contributed by atoms with van der Waals surface area (Å²) in [5.41, 5.74) is 2.64. The van der Waals surface area contributed by atoms with Crippen molar-refractivity contribution in [1.82, 2.24) is 24.5 Å². The van der Waals surface area contributed by atoms with Gasteiger partial charge in [-0.1, -0.05) is 35.9 Å². The lowest BCUT2D eigenvalue weighted by atomic mass is 10.0. The molecule has 0 unspecified atom stereocenters. The molecule has 11 heteroatoms. The molecule has 0 atom stereocenters. The Balaban J connectivity index is 1.28. The highest BCUT2D eigenvalue weighted by Gasteiger charge is 2.30. The van der Waals surface area contributed by atoms with Crippen molar-refractivity contribution in [3.05, 3.63) is 77.4 Å². The second-order valence-electron chi connectivity index (χ2n) is 11.1. The van der Waals surface area contributed by atoms with Gasteiger partial charge in [-0.3, -0.25) is 9.69 Å². The number of sulfone groups is 1. The maximum atomic E-state index is 13.7. The molecule has 6 rings (SSSR count). The number of piperazine rings is 1. The van der Waals surface area contributed by atoms with Crippen LogP contribution in [0.5, 0.6) is 0 Å². The largest absolute Gasteiger partial charge is 0.335 e. The summed E-state index contributed by atoms with van der Waals surface area (Å²) < 4.78 is 26.0. The van der Waals surface area contributed by atoms with Crippen molar-refractivity contribution in [1.29, 1.82) is 0 Å². The van der Waals surface area contributed by atoms with Gasteiger partial charge in [0.1, 0.15) is 0 Å². The van der Waals surface area contributed by atoms with E-state index >= 15 is 0 Å². The van der Waals surface area contributed by atoms with Crippen LogP contribution in [0.2, 0.25) is 5.02 Å². The normalized spacial score (nSPS) is 17.5. The first-order valence-corrected chi connectivity index (χ1v) is 17.2. The Bertz CT molecular complexity index is 1700. The summed E-state index contributed by atoms with van der Waals surface area (Å²) in [6.45, 7) is 5.36. The fourth-order valence-electron chi connectivity index (χ4n) is 5.79. The second-order valence-corrected chi connectivity index (χ2v) is 14.6. The number of amides is 1. The van der Waals surface area contributed by atoms with E-state index in [9.17, 15) is 13.2 Å². The minimum absolute atomic E-state index is 0.0808. The van der Waals surface area contributed by atoms with Gasteiger partial charge in [0.15, 0.2) is 15.5 Å². The van der Waals surface area contributed by atoms with Crippen molar-refractivity contribution in [3.8, 4) is 26.7 Å². The zero-order chi connectivity index (χ0) is 29.4. The van der Waals surface area contributed by atoms with Crippen LogP contribution in [0.1, 0.15) is 23.3 Å². The topological polar surface area (TPSA) is 78.8 Å². The molecule has 2 aliphatic rings. The third kappa shape index (κ3) is 6.05. The summed E-state index contributed by atoms with van der Waals surface area (Å²) >= 11 is 8.11. The maximum Gasteiger partial charge on any atom is 0.274 e. The summed E-state index contributed by atoms with van der Waals surface area (Å²) in [6, 6.07) is 20.8. The number of aromatic nitrogens is 2. The van der Waals surface area contributed by atoms with E-state index in [0.717, 1.165) is 47.2 Å². The summed E-state index contributed by atoms with van der Waals surface area (Å²) in [7, 11) is -1.15. The van der Waals surface area contributed by atoms with Gasteiger partial charge in [0.05, 0.1) is 26.2 Å². The van der Waals surface area contributed by atoms with E-state index in [1.165, 1.54) is 30.4 Å². The fourth-order valence-corrected chi connectivity index (χ4v) is 7.68. The third-order valence-electron chi connectivity index (χ3n) is 8.22. The Labute approximate surface area is 256 Å². The highest BCUT2D eigenvalue weighted by molar-refractivity contribution is 7.90. The number of nitrogens with zero attached hydrogens (tertiary/aromatic N) is 5. The number of carbonyl (C=O) groups excluding carboxylic acids is 1. The molecule has 2 fully saturated rings. The van der Waals surface area contributed by atoms with Gasteiger partial charge in [-0.05, 0) is 81.0 Å². The van der Waals surface area contributed by atoms with Crippen LogP contribution in [0.25, 0.3) is 26.7 Å². The second kappa shape index (κ2) is 11.9. The monoisotopic (exact) mass is 623 g/mol. The first kappa shape index (κ1) is 29.1. The Kier molecular flexibility index (Phi) is 8.26. The molecule has 2 aliphatic heterocycles. The molecule has 0 spiro atoms. The molecule has 2 aromatic heterocycles. The zero-order valence-corrected chi connectivity index (χ0v) is 26.1. The Hall–Kier alpha value is -3.02. The van der Waals surface area contributed by atoms with Crippen LogP contribution in [0.15, 0.2) is 71.6 Å². The molecule has 4 aromatic rings. The Morgan fingerprint density at radius 1 is 0.905 bits per heavy atom. The molecule has 0 aliphatic carbocycles. The maximum absolute atomic E-state index is 13.7. The van der Waals surface area contributed by atoms with Crippen molar-refractivity contribution in [2.45, 2.75) is 23.8 Å². The summed E-state index contributed by atoms with van der Waals surface area (Å²) in [5, 5.41) is 5.32. The molecule has 2 aromatic carbocycles. The fraction of sp³-hybridized carbons (Fsp3) is 0.355. The smallest absolute Gasteiger partial charge is 0.274 e. The molecule has 8 nitrogen and oxygen atoms in total. The molecule has 0 saturated carbocycles. The standard InChI is InChI=1S/C31H34ClN5O3S2/c1-34-14-12-23(13-15-34)35-16-18-36(19-17-35)31(38)26-21-28(37(33-26)27-9-4-3-8-25(27)32)30-11-10-29(41-30)22-6-5-7-24(20-22)42(2,39)40/h3-11,20-21,23H,12-19H2,1-2H3. The van der Waals surface area contributed by atoms with Crippen molar-refractivity contribution in [2.24, 2.45) is 0 Å². The number of piperidine rings is 1. The number of para-hydroxylation sites is 1. The van der Waals surface area contributed by atoms with Crippen LogP contribution >= 0.6 is 22.9 Å². The van der Waals surface area contributed by atoms with Gasteiger partial charge >= 0.3 is 0 Å². The number of likely N-dealkylation sites (tertiary alicyclic amines) is 1. The quantitative estimate of drug-likeness (QED) is 0.295. The van der Waals surface area contributed by atoms with E-state index in [-0.39, 0.29) is 10.8 Å². The first-order valence-electron chi connectivity index (χ1n) is 14.1. The average molecular weight is 624 g/mol. The van der Waals surface area contributed by atoms with Gasteiger partial charge < -0.3 is 9.80 Å². The van der Waals surface area contributed by atoms with Crippen LogP contribution < -0.4 is 0 Å². The predicted molar refractivity (Wildman–Crippen MR) is 168 cm³/mol. The van der Waals surface area contributed by atoms with Gasteiger partial charge in [0.2, 0.25) is 0 Å². The van der Waals surface area contributed by atoms with E-state index in [1.807, 2.05) is 53.4 Å². The highest BCUT2D eigenvalue weighted by Crippen LogP contribution is 2.37. The van der Waals surface area contributed by atoms with E-state index in [2.05, 4.69) is 16.8 Å². The molecule has 220 valence electrons. The Morgan fingerprint density at radius 3 is 2.33 bits per heavy atom. The van der Waals surface area contributed by atoms with E-state index in [0.29, 0.717) is 35.5 Å². The molecule has 0 N–H and O–H groups in total. The predicted octanol–water partition coefficient (Wildman–Crippen LogP) is 5.18. The first-order chi connectivity index (χ1) is 20.2. The van der Waals surface area contributed by atoms with Crippen molar-refractivity contribution < 1.29 is 13.2 Å². The molecular formula is C31H34ClN5O3S2. The van der Waals surface area contributed by atoms with Gasteiger partial charge in [-0.15, -0.1) is 11.3 Å². The van der Waals surface area contributed by atoms with Crippen molar-refractivity contribution in [2.75, 3.05) is 52.6 Å². The van der Waals surface area contributed by atoms with Gasteiger partial charge in [0, 0.05) is 43.4 Å². The highest BCUT2D eigenvalue weighted by atomic mass is 35.5. The summed E-state index contributed by atoms with van der Waals surface area (Å²) in [4.78, 5) is 22.7. The lowest BCUT2D eigenvalue weighted by molar-refractivity contribution is 0.0470. The van der Waals surface area contributed by atoms with Crippen LogP contribution in [0.3, 0.4) is 0 Å². The number of benzene rings is 2. The molecule has 0 radical (unpaired) electrons. The SMILES string of the molecule is CN1CCC(N2CCN(C(=O)c3cc(-c4ccc(-c5cccc(S(C)(=O)=O)c5)s4)n(-c4ccccc4Cl)n3)CC2)CC1. The van der Waals surface area contributed by atoms with E-state index < -0.39 is 9.84 Å². The third-order valence-corrected chi connectivity index (χ3v) is 10.8. The van der Waals surface area contributed by atoms with Crippen LogP contribution in [0, 0.1) is 0 Å². The van der Waals surface area contributed by atoms with Crippen LogP contribution in [0.4, 0.5) is 0 Å². The number of hydrogen-bond acceptors (Lipinski definition) is 7. The molecule has 42 heavy (non-hydrogen) atoms. The number of hydrogen-bond donors (Lipinski definition) is 0. The molecule has 1 amide bonds. The lowest BCUT2D eigenvalue weighted by Gasteiger charge is -2.42. The van der Waals surface area contributed by atoms with Crippen molar-refractivity contribution >= 4 is 38.7 Å². The molecular weight excluding hydrogens is 590 g/mol. The van der Waals surface area contributed by atoms with Gasteiger partial charge in [0.25, 0.3) is 5.91 Å². The van der Waals surface area contributed by atoms with Gasteiger partial charge in [-0.2, -0.15) is 5.10 Å². The molecule has 0 bridgehead atoms.